The molecule has 0 saturated carbocycles. The average molecular weight is 374 g/mol. The van der Waals surface area contributed by atoms with Gasteiger partial charge < -0.3 is 16.0 Å². The number of nitrogens with one attached hydrogen (secondary N) is 3. The van der Waals surface area contributed by atoms with Crippen LogP contribution in [-0.4, -0.2) is 56.0 Å². The van der Waals surface area contributed by atoms with Crippen molar-refractivity contribution in [1.29, 1.82) is 0 Å². The minimum atomic E-state index is 0.0194. The lowest BCUT2D eigenvalue weighted by molar-refractivity contribution is -0.123. The van der Waals surface area contributed by atoms with E-state index in [0.29, 0.717) is 25.2 Å². The summed E-state index contributed by atoms with van der Waals surface area (Å²) >= 11 is 0. The largest absolute Gasteiger partial charge is 0.355 e. The molecule has 2 rings (SSSR count). The number of carbonyl (C=O) groups excluding carboxylic acids is 1. The fourth-order valence-corrected chi connectivity index (χ4v) is 3.33. The number of nitrogens with zero attached hydrogens (tertiary/aromatic N) is 2. The van der Waals surface area contributed by atoms with Gasteiger partial charge in [0.25, 0.3) is 0 Å². The molecule has 1 aromatic rings. The highest BCUT2D eigenvalue weighted by molar-refractivity contribution is 5.80. The molecule has 150 valence electrons. The van der Waals surface area contributed by atoms with Gasteiger partial charge in [0.2, 0.25) is 5.91 Å². The topological polar surface area (TPSA) is 68.8 Å². The van der Waals surface area contributed by atoms with E-state index in [-0.39, 0.29) is 11.8 Å². The van der Waals surface area contributed by atoms with Crippen LogP contribution in [0.25, 0.3) is 0 Å². The monoisotopic (exact) mass is 373 g/mol. The number of likely N-dealkylation sites (tertiary alicyclic amines) is 1. The van der Waals surface area contributed by atoms with Crippen LogP contribution in [0.15, 0.2) is 35.3 Å². The third kappa shape index (κ3) is 6.86. The van der Waals surface area contributed by atoms with E-state index in [1.54, 1.807) is 7.05 Å². The zero-order valence-corrected chi connectivity index (χ0v) is 17.2. The number of rotatable bonds is 7. The molecule has 0 aromatic heterocycles. The minimum absolute atomic E-state index is 0.0194. The van der Waals surface area contributed by atoms with Crippen molar-refractivity contribution in [2.45, 2.75) is 45.7 Å². The Morgan fingerprint density at radius 3 is 2.33 bits per heavy atom. The third-order valence-corrected chi connectivity index (χ3v) is 5.16. The first-order valence-electron chi connectivity index (χ1n) is 10.0. The molecular formula is C21H35N5O. The number of guanidine groups is 1. The predicted octanol–water partition coefficient (Wildman–Crippen LogP) is 2.15. The second-order valence-electron chi connectivity index (χ2n) is 7.49. The van der Waals surface area contributed by atoms with Gasteiger partial charge in [0.15, 0.2) is 5.96 Å². The molecule has 27 heavy (non-hydrogen) atoms. The Morgan fingerprint density at radius 1 is 1.11 bits per heavy atom. The van der Waals surface area contributed by atoms with E-state index in [4.69, 9.17) is 0 Å². The van der Waals surface area contributed by atoms with Gasteiger partial charge >= 0.3 is 0 Å². The van der Waals surface area contributed by atoms with Crippen molar-refractivity contribution in [2.24, 2.45) is 10.9 Å². The van der Waals surface area contributed by atoms with Crippen molar-refractivity contribution in [1.82, 2.24) is 20.9 Å². The Bertz CT molecular complexity index is 594. The molecule has 6 heteroatoms. The van der Waals surface area contributed by atoms with Crippen molar-refractivity contribution in [3.05, 3.63) is 35.9 Å². The van der Waals surface area contributed by atoms with E-state index in [1.807, 2.05) is 13.8 Å². The predicted molar refractivity (Wildman–Crippen MR) is 112 cm³/mol. The molecule has 0 spiro atoms. The summed E-state index contributed by atoms with van der Waals surface area (Å²) in [7, 11) is 1.79. The first-order valence-corrected chi connectivity index (χ1v) is 10.0. The minimum Gasteiger partial charge on any atom is -0.355 e. The van der Waals surface area contributed by atoms with Gasteiger partial charge in [-0.1, -0.05) is 44.2 Å². The highest BCUT2D eigenvalue weighted by Crippen LogP contribution is 2.23. The molecule has 3 N–H and O–H groups in total. The number of piperidine rings is 1. The molecule has 0 radical (unpaired) electrons. The number of hydrogen-bond donors (Lipinski definition) is 3. The second-order valence-corrected chi connectivity index (χ2v) is 7.49. The van der Waals surface area contributed by atoms with Crippen molar-refractivity contribution in [3.8, 4) is 0 Å². The number of aliphatic imine (C=N–C) groups is 1. The molecule has 1 saturated heterocycles. The molecule has 1 aliphatic rings. The Balaban J connectivity index is 1.70. The molecule has 1 atom stereocenters. The Hall–Kier alpha value is -2.08. The van der Waals surface area contributed by atoms with Crippen molar-refractivity contribution >= 4 is 11.9 Å². The zero-order chi connectivity index (χ0) is 19.6. The van der Waals surface area contributed by atoms with Gasteiger partial charge in [-0.25, -0.2) is 0 Å². The van der Waals surface area contributed by atoms with E-state index in [1.165, 1.54) is 5.56 Å². The van der Waals surface area contributed by atoms with Gasteiger partial charge in [-0.3, -0.25) is 14.7 Å². The highest BCUT2D eigenvalue weighted by atomic mass is 16.1. The normalized spacial score (nSPS) is 17.6. The maximum atomic E-state index is 11.6. The number of benzene rings is 1. The van der Waals surface area contributed by atoms with Crippen LogP contribution in [0, 0.1) is 5.92 Å². The third-order valence-electron chi connectivity index (χ3n) is 5.16. The van der Waals surface area contributed by atoms with Crippen molar-refractivity contribution in [2.75, 3.05) is 33.2 Å². The summed E-state index contributed by atoms with van der Waals surface area (Å²) in [5, 5.41) is 9.70. The van der Waals surface area contributed by atoms with E-state index >= 15 is 0 Å². The number of amides is 1. The maximum absolute atomic E-state index is 11.6. The molecular weight excluding hydrogens is 338 g/mol. The fraction of sp³-hybridized carbons (Fsp3) is 0.619. The van der Waals surface area contributed by atoms with Gasteiger partial charge in [-0.05, 0) is 25.3 Å². The SMILES string of the molecule is CN=C(NCCNC(=O)C(C)C)NC1CCN(C(C)c2ccccc2)CC1. The first-order chi connectivity index (χ1) is 13.0. The van der Waals surface area contributed by atoms with Crippen LogP contribution in [0.2, 0.25) is 0 Å². The van der Waals surface area contributed by atoms with E-state index in [9.17, 15) is 4.79 Å². The molecule has 1 amide bonds. The highest BCUT2D eigenvalue weighted by Gasteiger charge is 2.23. The summed E-state index contributed by atoms with van der Waals surface area (Å²) in [5.74, 6) is 0.911. The molecule has 1 fully saturated rings. The quantitative estimate of drug-likeness (QED) is 0.389. The summed E-state index contributed by atoms with van der Waals surface area (Å²) in [6.45, 7) is 9.51. The lowest BCUT2D eigenvalue weighted by atomic mass is 10.0. The first kappa shape index (κ1) is 21.2. The van der Waals surface area contributed by atoms with Crippen molar-refractivity contribution in [3.63, 3.8) is 0 Å². The second kappa shape index (κ2) is 10.9. The van der Waals surface area contributed by atoms with Crippen LogP contribution in [0.4, 0.5) is 0 Å². The Kier molecular flexibility index (Phi) is 8.58. The van der Waals surface area contributed by atoms with E-state index in [0.717, 1.165) is 31.9 Å². The molecule has 1 heterocycles. The van der Waals surface area contributed by atoms with Crippen LogP contribution >= 0.6 is 0 Å². The lowest BCUT2D eigenvalue weighted by Crippen LogP contribution is -2.50. The molecule has 0 bridgehead atoms. The van der Waals surface area contributed by atoms with Gasteiger partial charge in [0, 0.05) is 51.2 Å². The van der Waals surface area contributed by atoms with Gasteiger partial charge in [-0.15, -0.1) is 0 Å². The van der Waals surface area contributed by atoms with Gasteiger partial charge in [-0.2, -0.15) is 0 Å². The average Bonchev–Trinajstić information content (AvgIpc) is 2.70. The summed E-state index contributed by atoms with van der Waals surface area (Å²) in [6, 6.07) is 11.6. The lowest BCUT2D eigenvalue weighted by Gasteiger charge is -2.37. The zero-order valence-electron chi connectivity index (χ0n) is 17.2. The maximum Gasteiger partial charge on any atom is 0.222 e. The number of hydrogen-bond acceptors (Lipinski definition) is 3. The van der Waals surface area contributed by atoms with E-state index < -0.39 is 0 Å². The summed E-state index contributed by atoms with van der Waals surface area (Å²) < 4.78 is 0. The van der Waals surface area contributed by atoms with E-state index in [2.05, 4.69) is 63.1 Å². The standard InChI is InChI=1S/C21H35N5O/c1-16(2)20(27)23-12-13-24-21(22-4)25-19-10-14-26(15-11-19)17(3)18-8-6-5-7-9-18/h5-9,16-17,19H,10-15H2,1-4H3,(H,23,27)(H2,22,24,25). The van der Waals surface area contributed by atoms with Crippen molar-refractivity contribution < 1.29 is 4.79 Å². The Labute approximate surface area is 163 Å². The fourth-order valence-electron chi connectivity index (χ4n) is 3.33. The van der Waals surface area contributed by atoms with Gasteiger partial charge in [0.1, 0.15) is 0 Å². The van der Waals surface area contributed by atoms with Crippen LogP contribution < -0.4 is 16.0 Å². The summed E-state index contributed by atoms with van der Waals surface area (Å²) in [5.41, 5.74) is 1.38. The molecule has 1 aromatic carbocycles. The molecule has 1 unspecified atom stereocenters. The number of carbonyl (C=O) groups is 1. The summed E-state index contributed by atoms with van der Waals surface area (Å²) in [4.78, 5) is 18.4. The Morgan fingerprint density at radius 2 is 1.74 bits per heavy atom. The summed E-state index contributed by atoms with van der Waals surface area (Å²) in [6.07, 6.45) is 2.20. The smallest absolute Gasteiger partial charge is 0.222 e. The van der Waals surface area contributed by atoms with Gasteiger partial charge in [0.05, 0.1) is 0 Å². The molecule has 0 aliphatic carbocycles. The molecule has 6 nitrogen and oxygen atoms in total. The van der Waals surface area contributed by atoms with Crippen LogP contribution in [-0.2, 0) is 4.79 Å². The van der Waals surface area contributed by atoms with Crippen LogP contribution in [0.1, 0.15) is 45.2 Å². The van der Waals surface area contributed by atoms with Crippen LogP contribution in [0.5, 0.6) is 0 Å². The molecule has 1 aliphatic heterocycles. The van der Waals surface area contributed by atoms with Crippen LogP contribution in [0.3, 0.4) is 0 Å².